The van der Waals surface area contributed by atoms with Gasteiger partial charge >= 0.3 is 0 Å². The molecule has 0 atom stereocenters. The molecular weight excluding hydrogens is 479 g/mol. The van der Waals surface area contributed by atoms with Crippen LogP contribution in [-0.2, 0) is 4.79 Å². The van der Waals surface area contributed by atoms with Gasteiger partial charge in [-0.2, -0.15) is 0 Å². The molecule has 0 spiro atoms. The van der Waals surface area contributed by atoms with Gasteiger partial charge in [-0.15, -0.1) is 0 Å². The van der Waals surface area contributed by atoms with Crippen molar-refractivity contribution in [2.45, 2.75) is 6.92 Å². The van der Waals surface area contributed by atoms with Crippen molar-refractivity contribution < 1.29 is 14.3 Å². The summed E-state index contributed by atoms with van der Waals surface area (Å²) in [5.74, 6) is -0.909. The van der Waals surface area contributed by atoms with Crippen LogP contribution in [0.2, 0.25) is 5.02 Å². The number of carbonyl (C=O) groups is 1. The van der Waals surface area contributed by atoms with Crippen LogP contribution in [0.4, 0.5) is 4.39 Å². The number of nitrogens with one attached hydrogen (secondary N) is 2. The molecule has 8 heteroatoms. The molecule has 1 aliphatic heterocycles. The summed E-state index contributed by atoms with van der Waals surface area (Å²) < 4.78 is 14.8. The maximum absolute atomic E-state index is 14.8. The average Bonchev–Trinajstić information content (AvgIpc) is 2.88. The first-order chi connectivity index (χ1) is 17.2. The standard InChI is InChI=1S/C28H26ClFN4O2/c1-3-25(36)33-11-13-34(14-12-33)28(32)20-16-22(29)21(26-23(30)9-6-10-24(26)35)15-19(20)27(31)18-8-5-4-7-17(18)2/h3-10,15-16,31-32,35H,1,11-14H2,2H3. The molecule has 6 nitrogen and oxygen atoms in total. The van der Waals surface area contributed by atoms with Crippen LogP contribution < -0.4 is 0 Å². The number of halogens is 2. The Balaban J connectivity index is 1.81. The van der Waals surface area contributed by atoms with E-state index in [9.17, 15) is 14.3 Å². The van der Waals surface area contributed by atoms with Crippen LogP contribution in [0, 0.1) is 23.6 Å². The first kappa shape index (κ1) is 25.1. The molecular formula is C28H26ClFN4O2. The first-order valence-electron chi connectivity index (χ1n) is 11.4. The van der Waals surface area contributed by atoms with E-state index in [0.717, 1.165) is 5.56 Å². The number of phenols is 1. The van der Waals surface area contributed by atoms with Crippen LogP contribution in [0.3, 0.4) is 0 Å². The van der Waals surface area contributed by atoms with Crippen molar-refractivity contribution in [3.63, 3.8) is 0 Å². The van der Waals surface area contributed by atoms with E-state index >= 15 is 0 Å². The third-order valence-corrected chi connectivity index (χ3v) is 6.70. The normalized spacial score (nSPS) is 13.4. The number of nitrogens with zero attached hydrogens (tertiary/aromatic N) is 2. The van der Waals surface area contributed by atoms with Crippen molar-refractivity contribution in [2.24, 2.45) is 0 Å². The summed E-state index contributed by atoms with van der Waals surface area (Å²) in [4.78, 5) is 15.5. The highest BCUT2D eigenvalue weighted by Gasteiger charge is 2.26. The summed E-state index contributed by atoms with van der Waals surface area (Å²) in [5.41, 5.74) is 2.68. The number of amides is 1. The summed E-state index contributed by atoms with van der Waals surface area (Å²) in [5, 5.41) is 28.5. The molecule has 0 radical (unpaired) electrons. The van der Waals surface area contributed by atoms with Crippen molar-refractivity contribution >= 4 is 29.1 Å². The van der Waals surface area contributed by atoms with Crippen molar-refractivity contribution in [2.75, 3.05) is 26.2 Å². The van der Waals surface area contributed by atoms with Gasteiger partial charge in [-0.05, 0) is 42.8 Å². The Bertz CT molecular complexity index is 1360. The third kappa shape index (κ3) is 4.75. The Morgan fingerprint density at radius 3 is 2.31 bits per heavy atom. The van der Waals surface area contributed by atoms with E-state index in [2.05, 4.69) is 6.58 Å². The minimum Gasteiger partial charge on any atom is -0.507 e. The second-order valence-corrected chi connectivity index (χ2v) is 8.97. The molecule has 0 bridgehead atoms. The molecule has 0 unspecified atom stereocenters. The van der Waals surface area contributed by atoms with E-state index in [4.69, 9.17) is 22.4 Å². The topological polar surface area (TPSA) is 91.5 Å². The summed E-state index contributed by atoms with van der Waals surface area (Å²) in [6, 6.07) is 14.5. The molecule has 4 rings (SSSR count). The number of aromatic hydroxyl groups is 1. The largest absolute Gasteiger partial charge is 0.507 e. The van der Waals surface area contributed by atoms with E-state index in [1.54, 1.807) is 17.0 Å². The Morgan fingerprint density at radius 1 is 1.00 bits per heavy atom. The Kier molecular flexibility index (Phi) is 7.22. The number of amidine groups is 1. The van der Waals surface area contributed by atoms with Gasteiger partial charge in [0.1, 0.15) is 17.4 Å². The number of benzene rings is 3. The highest BCUT2D eigenvalue weighted by molar-refractivity contribution is 6.34. The molecule has 0 saturated carbocycles. The number of rotatable bonds is 5. The fourth-order valence-corrected chi connectivity index (χ4v) is 4.65. The van der Waals surface area contributed by atoms with Gasteiger partial charge in [0.15, 0.2) is 0 Å². The molecule has 3 N–H and O–H groups in total. The zero-order valence-corrected chi connectivity index (χ0v) is 20.6. The molecule has 0 aliphatic carbocycles. The van der Waals surface area contributed by atoms with Gasteiger partial charge in [-0.25, -0.2) is 4.39 Å². The summed E-state index contributed by atoms with van der Waals surface area (Å²) in [7, 11) is 0. The minimum atomic E-state index is -0.642. The molecule has 3 aromatic rings. The van der Waals surface area contributed by atoms with Gasteiger partial charge < -0.3 is 14.9 Å². The maximum atomic E-state index is 14.8. The number of piperazine rings is 1. The number of hydrogen-bond donors (Lipinski definition) is 3. The van der Waals surface area contributed by atoms with E-state index in [1.165, 1.54) is 24.3 Å². The molecule has 1 saturated heterocycles. The fraction of sp³-hybridized carbons (Fsp3) is 0.179. The van der Waals surface area contributed by atoms with E-state index in [-0.39, 0.29) is 39.4 Å². The zero-order chi connectivity index (χ0) is 26.0. The van der Waals surface area contributed by atoms with Crippen molar-refractivity contribution in [1.29, 1.82) is 10.8 Å². The molecule has 1 aliphatic rings. The molecule has 184 valence electrons. The number of phenolic OH excluding ortho intramolecular Hbond substituents is 1. The second-order valence-electron chi connectivity index (χ2n) is 8.57. The van der Waals surface area contributed by atoms with Crippen molar-refractivity contribution in [3.8, 4) is 16.9 Å². The molecule has 3 aromatic carbocycles. The smallest absolute Gasteiger partial charge is 0.246 e. The van der Waals surface area contributed by atoms with Crippen LogP contribution in [0.15, 0.2) is 67.3 Å². The zero-order valence-electron chi connectivity index (χ0n) is 19.8. The SMILES string of the molecule is C=CC(=O)N1CCN(C(=N)c2cc(Cl)c(-c3c(O)cccc3F)cc2C(=N)c2ccccc2C)CC1. The highest BCUT2D eigenvalue weighted by Crippen LogP contribution is 2.38. The minimum absolute atomic E-state index is 0.0593. The van der Waals surface area contributed by atoms with Gasteiger partial charge in [-0.3, -0.25) is 15.6 Å². The summed E-state index contributed by atoms with van der Waals surface area (Å²) >= 11 is 6.60. The molecule has 36 heavy (non-hydrogen) atoms. The Morgan fingerprint density at radius 2 is 1.67 bits per heavy atom. The second kappa shape index (κ2) is 10.3. The first-order valence-corrected chi connectivity index (χ1v) is 11.8. The summed E-state index contributed by atoms with van der Waals surface area (Å²) in [6.45, 7) is 7.16. The van der Waals surface area contributed by atoms with Gasteiger partial charge in [0, 0.05) is 53.5 Å². The maximum Gasteiger partial charge on any atom is 0.246 e. The number of carbonyl (C=O) groups excluding carboxylic acids is 1. The summed E-state index contributed by atoms with van der Waals surface area (Å²) in [6.07, 6.45) is 1.28. The van der Waals surface area contributed by atoms with E-state index in [1.807, 2.05) is 36.1 Å². The number of hydrogen-bond acceptors (Lipinski definition) is 4. The van der Waals surface area contributed by atoms with Crippen molar-refractivity contribution in [3.05, 3.63) is 100 Å². The number of aryl methyl sites for hydroxylation is 1. The highest BCUT2D eigenvalue weighted by atomic mass is 35.5. The third-order valence-electron chi connectivity index (χ3n) is 6.39. The quantitative estimate of drug-likeness (QED) is 0.252. The van der Waals surface area contributed by atoms with Crippen LogP contribution >= 0.6 is 11.6 Å². The average molecular weight is 505 g/mol. The lowest BCUT2D eigenvalue weighted by molar-refractivity contribution is -0.127. The molecule has 1 fully saturated rings. The van der Waals surface area contributed by atoms with Crippen LogP contribution in [0.5, 0.6) is 5.75 Å². The van der Waals surface area contributed by atoms with Crippen LogP contribution in [-0.4, -0.2) is 58.5 Å². The molecule has 1 amide bonds. The van der Waals surface area contributed by atoms with Gasteiger partial charge in [0.05, 0.1) is 11.3 Å². The molecule has 1 heterocycles. The van der Waals surface area contributed by atoms with Gasteiger partial charge in [0.2, 0.25) is 5.91 Å². The fourth-order valence-electron chi connectivity index (χ4n) is 4.40. The Labute approximate surface area is 214 Å². The Hall–Kier alpha value is -3.97. The molecule has 0 aromatic heterocycles. The predicted octanol–water partition coefficient (Wildman–Crippen LogP) is 5.23. The van der Waals surface area contributed by atoms with E-state index in [0.29, 0.717) is 42.9 Å². The van der Waals surface area contributed by atoms with Crippen LogP contribution in [0.25, 0.3) is 11.1 Å². The van der Waals surface area contributed by atoms with Gasteiger partial charge in [-0.1, -0.05) is 48.5 Å². The van der Waals surface area contributed by atoms with Gasteiger partial charge in [0.25, 0.3) is 0 Å². The lowest BCUT2D eigenvalue weighted by Crippen LogP contribution is -2.50. The lowest BCUT2D eigenvalue weighted by atomic mass is 9.90. The van der Waals surface area contributed by atoms with Crippen LogP contribution in [0.1, 0.15) is 22.3 Å². The van der Waals surface area contributed by atoms with Crippen molar-refractivity contribution in [1.82, 2.24) is 9.80 Å². The predicted molar refractivity (Wildman–Crippen MR) is 141 cm³/mol. The monoisotopic (exact) mass is 504 g/mol. The lowest BCUT2D eigenvalue weighted by Gasteiger charge is -2.36. The van der Waals surface area contributed by atoms with E-state index < -0.39 is 5.82 Å².